The average Bonchev–Trinajstić information content (AvgIpc) is 2.59. The molecule has 0 aromatic heterocycles. The number of hydrazone groups is 1. The quantitative estimate of drug-likeness (QED) is 0.516. The predicted molar refractivity (Wildman–Crippen MR) is 47.1 cm³/mol. The Bertz CT molecular complexity index is 173. The van der Waals surface area contributed by atoms with Crippen LogP contribution in [-0.4, -0.2) is 30.4 Å². The number of hydrogen-bond acceptors (Lipinski definition) is 5. The lowest BCUT2D eigenvalue weighted by Gasteiger charge is -2.25. The van der Waals surface area contributed by atoms with Crippen LogP contribution >= 0.6 is 0 Å². The van der Waals surface area contributed by atoms with Crippen molar-refractivity contribution < 1.29 is 0 Å². The molecule has 0 saturated carbocycles. The molecule has 1 fully saturated rings. The molecule has 0 atom stereocenters. The van der Waals surface area contributed by atoms with E-state index in [1.165, 1.54) is 32.4 Å². The van der Waals surface area contributed by atoms with Gasteiger partial charge in [0.05, 0.1) is 6.54 Å². The van der Waals surface area contributed by atoms with Crippen LogP contribution in [0.4, 0.5) is 0 Å². The highest BCUT2D eigenvalue weighted by Gasteiger charge is 2.13. The molecule has 0 aliphatic carbocycles. The minimum absolute atomic E-state index is 0.931. The van der Waals surface area contributed by atoms with Crippen molar-refractivity contribution in [3.8, 4) is 0 Å². The van der Waals surface area contributed by atoms with Crippen LogP contribution in [0.1, 0.15) is 19.3 Å². The number of hydrazine groups is 2. The van der Waals surface area contributed by atoms with Gasteiger partial charge in [0.25, 0.3) is 0 Å². The minimum Gasteiger partial charge on any atom is -0.296 e. The largest absolute Gasteiger partial charge is 0.296 e. The lowest BCUT2D eigenvalue weighted by Crippen LogP contribution is -2.42. The molecule has 0 amide bonds. The number of likely N-dealkylation sites (tertiary alicyclic amines) is 1. The molecule has 12 heavy (non-hydrogen) atoms. The zero-order valence-electron chi connectivity index (χ0n) is 7.14. The highest BCUT2D eigenvalue weighted by molar-refractivity contribution is 5.84. The fraction of sp³-hybridized carbons (Fsp3) is 0.857. The summed E-state index contributed by atoms with van der Waals surface area (Å²) in [5, 5.41) is 4.03. The number of nitrogens with one attached hydrogen (secondary N) is 3. The Labute approximate surface area is 72.1 Å². The van der Waals surface area contributed by atoms with Gasteiger partial charge in [0.2, 0.25) is 0 Å². The molecule has 5 nitrogen and oxygen atoms in total. The van der Waals surface area contributed by atoms with Gasteiger partial charge in [-0.25, -0.2) is 5.53 Å². The Hall–Kier alpha value is -0.810. The van der Waals surface area contributed by atoms with Crippen LogP contribution in [0, 0.1) is 0 Å². The van der Waals surface area contributed by atoms with Crippen LogP contribution in [0.2, 0.25) is 0 Å². The van der Waals surface area contributed by atoms with Crippen molar-refractivity contribution in [2.24, 2.45) is 5.10 Å². The van der Waals surface area contributed by atoms with E-state index in [2.05, 4.69) is 26.5 Å². The van der Waals surface area contributed by atoms with E-state index in [0.717, 1.165) is 12.4 Å². The third-order valence-electron chi connectivity index (χ3n) is 2.28. The summed E-state index contributed by atoms with van der Waals surface area (Å²) in [5.41, 5.74) is 8.34. The highest BCUT2D eigenvalue weighted by Crippen LogP contribution is 2.07. The first kappa shape index (κ1) is 7.82. The Morgan fingerprint density at radius 2 is 2.08 bits per heavy atom. The molecule has 2 aliphatic heterocycles. The monoisotopic (exact) mass is 169 g/mol. The van der Waals surface area contributed by atoms with Gasteiger partial charge in [-0.3, -0.25) is 10.3 Å². The second-order valence-electron chi connectivity index (χ2n) is 3.26. The summed E-state index contributed by atoms with van der Waals surface area (Å²) >= 11 is 0. The molecule has 5 heteroatoms. The van der Waals surface area contributed by atoms with Crippen molar-refractivity contribution in [3.63, 3.8) is 0 Å². The summed E-state index contributed by atoms with van der Waals surface area (Å²) in [6.07, 6.45) is 4.04. The number of hydrogen-bond donors (Lipinski definition) is 3. The van der Waals surface area contributed by atoms with Crippen LogP contribution in [0.25, 0.3) is 0 Å². The van der Waals surface area contributed by atoms with Gasteiger partial charge >= 0.3 is 0 Å². The van der Waals surface area contributed by atoms with E-state index < -0.39 is 0 Å². The molecule has 2 aliphatic rings. The molecule has 0 aromatic carbocycles. The number of nitrogens with zero attached hydrogens (tertiary/aromatic N) is 2. The van der Waals surface area contributed by atoms with Crippen molar-refractivity contribution in [1.82, 2.24) is 21.4 Å². The maximum Gasteiger partial charge on any atom is 0.153 e. The zero-order valence-corrected chi connectivity index (χ0v) is 7.14. The first-order chi connectivity index (χ1) is 5.95. The van der Waals surface area contributed by atoms with Crippen LogP contribution in [0.15, 0.2) is 5.10 Å². The standard InChI is InChI=1S/C7H15N5/c1-2-4-12(5-3-1)6-7-8-10-11-9-7/h10-11H,1-6H2,(H,8,9). The number of piperidine rings is 1. The number of amidine groups is 1. The van der Waals surface area contributed by atoms with Crippen molar-refractivity contribution >= 4 is 5.84 Å². The molecule has 3 N–H and O–H groups in total. The average molecular weight is 169 g/mol. The second kappa shape index (κ2) is 3.73. The maximum atomic E-state index is 4.03. The van der Waals surface area contributed by atoms with Gasteiger partial charge in [-0.2, -0.15) is 0 Å². The Morgan fingerprint density at radius 1 is 1.25 bits per heavy atom. The molecule has 2 heterocycles. The Kier molecular flexibility index (Phi) is 2.43. The second-order valence-corrected chi connectivity index (χ2v) is 3.26. The predicted octanol–water partition coefficient (Wildman–Crippen LogP) is -0.602. The van der Waals surface area contributed by atoms with Crippen LogP contribution in [0.5, 0.6) is 0 Å². The molecule has 0 bridgehead atoms. The Morgan fingerprint density at radius 3 is 2.75 bits per heavy atom. The third kappa shape index (κ3) is 1.86. The summed E-state index contributed by atoms with van der Waals surface area (Å²) in [6.45, 7) is 3.35. The van der Waals surface area contributed by atoms with Gasteiger partial charge in [0.1, 0.15) is 0 Å². The molecule has 1 saturated heterocycles. The Balaban J connectivity index is 1.77. The summed E-state index contributed by atoms with van der Waals surface area (Å²) in [6, 6.07) is 0. The maximum absolute atomic E-state index is 4.03. The van der Waals surface area contributed by atoms with Crippen LogP contribution in [-0.2, 0) is 0 Å². The molecule has 0 aromatic rings. The van der Waals surface area contributed by atoms with Gasteiger partial charge < -0.3 is 0 Å². The van der Waals surface area contributed by atoms with E-state index in [1.807, 2.05) is 0 Å². The molecule has 2 rings (SSSR count). The first-order valence-corrected chi connectivity index (χ1v) is 4.50. The van der Waals surface area contributed by atoms with Crippen LogP contribution in [0.3, 0.4) is 0 Å². The van der Waals surface area contributed by atoms with Crippen molar-refractivity contribution in [2.45, 2.75) is 19.3 Å². The van der Waals surface area contributed by atoms with Crippen molar-refractivity contribution in [3.05, 3.63) is 0 Å². The third-order valence-corrected chi connectivity index (χ3v) is 2.28. The molecule has 68 valence electrons. The van der Waals surface area contributed by atoms with Gasteiger partial charge in [-0.15, -0.1) is 10.6 Å². The first-order valence-electron chi connectivity index (χ1n) is 4.50. The normalized spacial score (nSPS) is 24.5. The lowest BCUT2D eigenvalue weighted by atomic mass is 10.1. The topological polar surface area (TPSA) is 51.7 Å². The van der Waals surface area contributed by atoms with E-state index in [1.54, 1.807) is 0 Å². The molecular formula is C7H15N5. The van der Waals surface area contributed by atoms with Crippen molar-refractivity contribution in [2.75, 3.05) is 19.6 Å². The van der Waals surface area contributed by atoms with E-state index in [-0.39, 0.29) is 0 Å². The van der Waals surface area contributed by atoms with E-state index in [0.29, 0.717) is 0 Å². The van der Waals surface area contributed by atoms with Gasteiger partial charge in [-0.05, 0) is 25.9 Å². The van der Waals surface area contributed by atoms with E-state index >= 15 is 0 Å². The zero-order chi connectivity index (χ0) is 8.23. The molecule has 0 radical (unpaired) electrons. The summed E-state index contributed by atoms with van der Waals surface area (Å²) in [4.78, 5) is 2.42. The highest BCUT2D eigenvalue weighted by atomic mass is 15.8. The fourth-order valence-electron chi connectivity index (χ4n) is 1.63. The van der Waals surface area contributed by atoms with E-state index in [4.69, 9.17) is 0 Å². The summed E-state index contributed by atoms with van der Waals surface area (Å²) in [7, 11) is 0. The lowest BCUT2D eigenvalue weighted by molar-refractivity contribution is 0.257. The SMILES string of the molecule is C1CCN(CC2=NNNN2)CC1. The molecule has 0 spiro atoms. The van der Waals surface area contributed by atoms with Crippen molar-refractivity contribution in [1.29, 1.82) is 0 Å². The molecular weight excluding hydrogens is 154 g/mol. The fourth-order valence-corrected chi connectivity index (χ4v) is 1.63. The van der Waals surface area contributed by atoms with Gasteiger partial charge in [0.15, 0.2) is 5.84 Å². The molecule has 0 unspecified atom stereocenters. The van der Waals surface area contributed by atoms with Gasteiger partial charge in [0, 0.05) is 0 Å². The minimum atomic E-state index is 0.931. The number of rotatable bonds is 2. The summed E-state index contributed by atoms with van der Waals surface area (Å²) < 4.78 is 0. The van der Waals surface area contributed by atoms with Gasteiger partial charge in [-0.1, -0.05) is 6.42 Å². The van der Waals surface area contributed by atoms with Crippen LogP contribution < -0.4 is 16.5 Å². The summed E-state index contributed by atoms with van der Waals surface area (Å²) in [5.74, 6) is 0.983. The van der Waals surface area contributed by atoms with E-state index in [9.17, 15) is 0 Å². The smallest absolute Gasteiger partial charge is 0.153 e.